The number of nitrogens with zero attached hydrogens (tertiary/aromatic N) is 4. The zero-order chi connectivity index (χ0) is 32.8. The number of fused-ring (bicyclic) bond motifs is 2. The Morgan fingerprint density at radius 2 is 1.82 bits per heavy atom. The Labute approximate surface area is 260 Å². The van der Waals surface area contributed by atoms with Gasteiger partial charge in [0.25, 0.3) is 0 Å². The molecule has 45 heavy (non-hydrogen) atoms. The number of sulfonamides is 1. The molecule has 1 aliphatic heterocycles. The van der Waals surface area contributed by atoms with Crippen LogP contribution >= 0.6 is 0 Å². The fraction of sp³-hybridized carbons (Fsp3) is 0.424. The lowest BCUT2D eigenvalue weighted by Gasteiger charge is -2.27. The maximum absolute atomic E-state index is 14.0. The fourth-order valence-electron chi connectivity index (χ4n) is 6.34. The SMILES string of the molecule is CC[C@H]1Cc2ccc(C(F)(F)F)cc2S(=O)(=O)N(Cc2cc(C(c3ccc4c(nnn4CC)c3C)C(C)C(=O)O)ccc2C)C1. The van der Waals surface area contributed by atoms with Gasteiger partial charge >= 0.3 is 12.1 Å². The van der Waals surface area contributed by atoms with E-state index in [-0.39, 0.29) is 23.9 Å². The van der Waals surface area contributed by atoms with E-state index in [9.17, 15) is 31.5 Å². The number of benzene rings is 3. The van der Waals surface area contributed by atoms with Crippen molar-refractivity contribution in [2.75, 3.05) is 6.54 Å². The van der Waals surface area contributed by atoms with Crippen molar-refractivity contribution < 1.29 is 31.5 Å². The molecular formula is C33H37F3N4O4S. The number of hydrogen-bond acceptors (Lipinski definition) is 5. The van der Waals surface area contributed by atoms with Gasteiger partial charge in [0.15, 0.2) is 0 Å². The Hall–Kier alpha value is -3.77. The average Bonchev–Trinajstić information content (AvgIpc) is 3.38. The van der Waals surface area contributed by atoms with Gasteiger partial charge in [-0.2, -0.15) is 17.5 Å². The van der Waals surface area contributed by atoms with Gasteiger partial charge < -0.3 is 5.11 Å². The molecule has 3 atom stereocenters. The molecule has 1 aliphatic rings. The van der Waals surface area contributed by atoms with Gasteiger partial charge in [-0.3, -0.25) is 4.79 Å². The molecule has 0 saturated heterocycles. The number of rotatable bonds is 8. The van der Waals surface area contributed by atoms with E-state index in [4.69, 9.17) is 0 Å². The second-order valence-corrected chi connectivity index (χ2v) is 13.8. The van der Waals surface area contributed by atoms with Crippen LogP contribution in [-0.4, -0.2) is 45.3 Å². The quantitative estimate of drug-likeness (QED) is 0.229. The number of alkyl halides is 3. The largest absolute Gasteiger partial charge is 0.481 e. The third-order valence-corrected chi connectivity index (χ3v) is 11.0. The van der Waals surface area contributed by atoms with Gasteiger partial charge in [0.2, 0.25) is 10.0 Å². The summed E-state index contributed by atoms with van der Waals surface area (Å²) >= 11 is 0. The molecule has 0 spiro atoms. The van der Waals surface area contributed by atoms with Crippen LogP contribution in [0.1, 0.15) is 72.1 Å². The lowest BCUT2D eigenvalue weighted by Crippen LogP contribution is -2.33. The smallest absolute Gasteiger partial charge is 0.416 e. The molecule has 4 aromatic rings. The molecule has 8 nitrogen and oxygen atoms in total. The van der Waals surface area contributed by atoms with Gasteiger partial charge in [0.1, 0.15) is 5.52 Å². The standard InChI is InChI=1S/C33H37F3N4O4S/c1-6-22-14-23-10-11-26(33(34,35)36)16-29(23)45(43,44)39(17-22)18-25-15-24(9-8-19(25)3)30(21(5)32(41)42)27-12-13-28-31(20(27)4)37-38-40(28)7-2/h8-13,15-16,21-22,30H,6-7,14,17-18H2,1-5H3,(H,41,42)/t21?,22-,30?/m0/s1. The van der Waals surface area contributed by atoms with Gasteiger partial charge in [0.05, 0.1) is 21.9 Å². The molecule has 0 bridgehead atoms. The molecule has 0 amide bonds. The molecule has 12 heteroatoms. The first-order valence-corrected chi connectivity index (χ1v) is 16.5. The second-order valence-electron chi connectivity index (χ2n) is 11.9. The summed E-state index contributed by atoms with van der Waals surface area (Å²) in [5.41, 5.74) is 4.62. The average molecular weight is 643 g/mol. The number of carboxylic acids is 1. The summed E-state index contributed by atoms with van der Waals surface area (Å²) in [6.45, 7) is 9.98. The first-order chi connectivity index (χ1) is 21.2. The van der Waals surface area contributed by atoms with Crippen LogP contribution in [0.4, 0.5) is 13.2 Å². The van der Waals surface area contributed by atoms with Crippen molar-refractivity contribution in [3.63, 3.8) is 0 Å². The van der Waals surface area contributed by atoms with E-state index in [0.29, 0.717) is 41.6 Å². The predicted octanol–water partition coefficient (Wildman–Crippen LogP) is 6.71. The van der Waals surface area contributed by atoms with Crippen molar-refractivity contribution in [3.8, 4) is 0 Å². The lowest BCUT2D eigenvalue weighted by atomic mass is 9.79. The monoisotopic (exact) mass is 642 g/mol. The van der Waals surface area contributed by atoms with Gasteiger partial charge in [-0.05, 0) is 84.7 Å². The maximum Gasteiger partial charge on any atom is 0.416 e. The minimum absolute atomic E-state index is 0.0643. The van der Waals surface area contributed by atoms with Crippen molar-refractivity contribution in [2.24, 2.45) is 11.8 Å². The van der Waals surface area contributed by atoms with E-state index in [1.54, 1.807) is 11.6 Å². The molecule has 3 aromatic carbocycles. The van der Waals surface area contributed by atoms with Crippen LogP contribution in [0.25, 0.3) is 11.0 Å². The van der Waals surface area contributed by atoms with Crippen molar-refractivity contribution in [2.45, 2.75) is 77.5 Å². The van der Waals surface area contributed by atoms with Gasteiger partial charge in [-0.15, -0.1) is 5.10 Å². The third kappa shape index (κ3) is 6.09. The van der Waals surface area contributed by atoms with E-state index in [1.165, 1.54) is 10.4 Å². The summed E-state index contributed by atoms with van der Waals surface area (Å²) < 4.78 is 71.8. The Balaban J connectivity index is 1.60. The van der Waals surface area contributed by atoms with Crippen LogP contribution < -0.4 is 0 Å². The molecule has 0 radical (unpaired) electrons. The molecule has 2 heterocycles. The fourth-order valence-corrected chi connectivity index (χ4v) is 8.09. The van der Waals surface area contributed by atoms with E-state index >= 15 is 0 Å². The highest BCUT2D eigenvalue weighted by Crippen LogP contribution is 2.39. The molecule has 0 saturated carbocycles. The van der Waals surface area contributed by atoms with Crippen molar-refractivity contribution >= 4 is 27.0 Å². The number of aromatic nitrogens is 3. The summed E-state index contributed by atoms with van der Waals surface area (Å²) in [5, 5.41) is 18.7. The number of halogens is 3. The van der Waals surface area contributed by atoms with E-state index in [2.05, 4.69) is 10.3 Å². The molecule has 240 valence electrons. The van der Waals surface area contributed by atoms with E-state index < -0.39 is 39.6 Å². The molecule has 1 aromatic heterocycles. The summed E-state index contributed by atoms with van der Waals surface area (Å²) in [6, 6.07) is 12.3. The number of carboxylic acid groups (broad SMARTS) is 1. The van der Waals surface area contributed by atoms with Gasteiger partial charge in [-0.25, -0.2) is 13.1 Å². The number of aliphatic carboxylic acids is 1. The minimum atomic E-state index is -4.68. The van der Waals surface area contributed by atoms with Crippen LogP contribution in [0.2, 0.25) is 0 Å². The predicted molar refractivity (Wildman–Crippen MR) is 164 cm³/mol. The number of hydrogen-bond donors (Lipinski definition) is 1. The normalized spacial score (nSPS) is 18.4. The van der Waals surface area contributed by atoms with Crippen LogP contribution in [0.15, 0.2) is 53.4 Å². The first kappa shape index (κ1) is 32.6. The molecule has 0 aliphatic carbocycles. The van der Waals surface area contributed by atoms with Crippen LogP contribution in [0.5, 0.6) is 0 Å². The van der Waals surface area contributed by atoms with Gasteiger partial charge in [0, 0.05) is 25.6 Å². The molecule has 0 fully saturated rings. The molecular weight excluding hydrogens is 605 g/mol. The highest BCUT2D eigenvalue weighted by molar-refractivity contribution is 7.89. The Kier molecular flexibility index (Phi) is 8.85. The zero-order valence-corrected chi connectivity index (χ0v) is 26.7. The van der Waals surface area contributed by atoms with Crippen molar-refractivity contribution in [1.29, 1.82) is 0 Å². The highest BCUT2D eigenvalue weighted by Gasteiger charge is 2.38. The summed E-state index contributed by atoms with van der Waals surface area (Å²) in [6.07, 6.45) is -3.69. The number of aryl methyl sites for hydroxylation is 3. The van der Waals surface area contributed by atoms with E-state index in [0.717, 1.165) is 34.3 Å². The van der Waals surface area contributed by atoms with Crippen molar-refractivity contribution in [1.82, 2.24) is 19.3 Å². The third-order valence-electron chi connectivity index (χ3n) is 9.15. The van der Waals surface area contributed by atoms with Crippen LogP contribution in [-0.2, 0) is 40.5 Å². The van der Waals surface area contributed by atoms with Crippen LogP contribution in [0.3, 0.4) is 0 Å². The molecule has 5 rings (SSSR count). The highest BCUT2D eigenvalue weighted by atomic mass is 32.2. The zero-order valence-electron chi connectivity index (χ0n) is 25.9. The van der Waals surface area contributed by atoms with E-state index in [1.807, 2.05) is 58.0 Å². The number of carbonyl (C=O) groups is 1. The summed E-state index contributed by atoms with van der Waals surface area (Å²) in [7, 11) is -4.28. The minimum Gasteiger partial charge on any atom is -0.481 e. The Morgan fingerprint density at radius 3 is 2.47 bits per heavy atom. The molecule has 1 N–H and O–H groups in total. The first-order valence-electron chi connectivity index (χ1n) is 15.0. The topological polar surface area (TPSA) is 105 Å². The second kappa shape index (κ2) is 12.2. The van der Waals surface area contributed by atoms with Gasteiger partial charge in [-0.1, -0.05) is 55.8 Å². The Bertz CT molecular complexity index is 1870. The van der Waals surface area contributed by atoms with Crippen molar-refractivity contribution in [3.05, 3.63) is 87.5 Å². The lowest BCUT2D eigenvalue weighted by molar-refractivity contribution is -0.141. The molecule has 2 unspecified atom stereocenters. The van der Waals surface area contributed by atoms with Crippen LogP contribution in [0, 0.1) is 25.7 Å². The summed E-state index contributed by atoms with van der Waals surface area (Å²) in [5.74, 6) is -2.50. The summed E-state index contributed by atoms with van der Waals surface area (Å²) in [4.78, 5) is 12.1. The maximum atomic E-state index is 14.0. The Morgan fingerprint density at radius 1 is 1.09 bits per heavy atom.